The minimum atomic E-state index is -0.732. The Morgan fingerprint density at radius 2 is 1.39 bits per heavy atom. The van der Waals surface area contributed by atoms with E-state index in [0.717, 1.165) is 5.56 Å². The first-order valence-electron chi connectivity index (χ1n) is 15.7. The van der Waals surface area contributed by atoms with E-state index in [4.69, 9.17) is 14.2 Å². The van der Waals surface area contributed by atoms with E-state index in [9.17, 15) is 19.2 Å². The lowest BCUT2D eigenvalue weighted by atomic mass is 10.1. The van der Waals surface area contributed by atoms with Crippen molar-refractivity contribution >= 4 is 52.9 Å². The van der Waals surface area contributed by atoms with Gasteiger partial charge in [-0.25, -0.2) is 4.79 Å². The van der Waals surface area contributed by atoms with Gasteiger partial charge in [0.15, 0.2) is 11.5 Å². The molecule has 5 aromatic rings. The van der Waals surface area contributed by atoms with Crippen molar-refractivity contribution in [1.29, 1.82) is 0 Å². The predicted octanol–water partition coefficient (Wildman–Crippen LogP) is 7.37. The van der Waals surface area contributed by atoms with Crippen LogP contribution < -0.4 is 25.4 Å². The molecule has 10 nitrogen and oxygen atoms in total. The van der Waals surface area contributed by atoms with Gasteiger partial charge >= 0.3 is 5.97 Å². The Morgan fingerprint density at radius 1 is 0.706 bits per heavy atom. The van der Waals surface area contributed by atoms with Crippen molar-refractivity contribution < 1.29 is 33.4 Å². The molecule has 258 valence electrons. The second-order valence-corrected chi connectivity index (χ2v) is 12.1. The van der Waals surface area contributed by atoms with Crippen LogP contribution in [0.4, 0.5) is 11.4 Å². The molecule has 0 aliphatic rings. The third-order valence-electron chi connectivity index (χ3n) is 7.54. The number of ether oxygens (including phenoxy) is 3. The predicted molar refractivity (Wildman–Crippen MR) is 198 cm³/mol. The van der Waals surface area contributed by atoms with Crippen LogP contribution in [-0.2, 0) is 14.3 Å². The number of hydrogen-bond acceptors (Lipinski definition) is 8. The van der Waals surface area contributed by atoms with Crippen LogP contribution in [0.25, 0.3) is 6.08 Å². The summed E-state index contributed by atoms with van der Waals surface area (Å²) in [6, 6.07) is 36.6. The molecule has 11 heteroatoms. The molecular weight excluding hydrogens is 667 g/mol. The molecule has 0 saturated carbocycles. The van der Waals surface area contributed by atoms with Crippen molar-refractivity contribution in [3.63, 3.8) is 0 Å². The molecule has 3 N–H and O–H groups in total. The van der Waals surface area contributed by atoms with Crippen LogP contribution in [0.5, 0.6) is 11.5 Å². The molecule has 1 atom stereocenters. The molecule has 0 radical (unpaired) electrons. The number of anilines is 2. The van der Waals surface area contributed by atoms with Crippen molar-refractivity contribution in [1.82, 2.24) is 5.32 Å². The van der Waals surface area contributed by atoms with E-state index < -0.39 is 23.0 Å². The Bertz CT molecular complexity index is 2050. The molecule has 1 unspecified atom stereocenters. The van der Waals surface area contributed by atoms with E-state index in [0.29, 0.717) is 38.9 Å². The lowest BCUT2D eigenvalue weighted by Crippen LogP contribution is -2.30. The summed E-state index contributed by atoms with van der Waals surface area (Å²) in [4.78, 5) is 53.9. The molecule has 0 spiro atoms. The smallest absolute Gasteiger partial charge is 0.339 e. The molecule has 0 heterocycles. The zero-order chi connectivity index (χ0) is 36.2. The lowest BCUT2D eigenvalue weighted by molar-refractivity contribution is -0.116. The minimum Gasteiger partial charge on any atom is -0.493 e. The van der Waals surface area contributed by atoms with Gasteiger partial charge in [-0.3, -0.25) is 14.4 Å². The van der Waals surface area contributed by atoms with E-state index >= 15 is 0 Å². The van der Waals surface area contributed by atoms with Gasteiger partial charge in [0.2, 0.25) is 5.91 Å². The van der Waals surface area contributed by atoms with Gasteiger partial charge in [-0.05, 0) is 60.2 Å². The fourth-order valence-electron chi connectivity index (χ4n) is 5.08. The number of methoxy groups -OCH3 is 3. The van der Waals surface area contributed by atoms with Gasteiger partial charge in [0, 0.05) is 21.7 Å². The number of rotatable bonds is 13. The summed E-state index contributed by atoms with van der Waals surface area (Å²) >= 11 is 1.26. The van der Waals surface area contributed by atoms with Crippen molar-refractivity contribution in [3.8, 4) is 11.5 Å². The highest BCUT2D eigenvalue weighted by Gasteiger charge is 2.25. The lowest BCUT2D eigenvalue weighted by Gasteiger charge is -2.19. The third-order valence-corrected chi connectivity index (χ3v) is 8.79. The monoisotopic (exact) mass is 701 g/mol. The van der Waals surface area contributed by atoms with Crippen LogP contribution in [0.1, 0.15) is 37.1 Å². The molecule has 5 aromatic carbocycles. The molecule has 0 fully saturated rings. The molecule has 0 saturated heterocycles. The number of benzene rings is 5. The second-order valence-electron chi connectivity index (χ2n) is 10.9. The van der Waals surface area contributed by atoms with Crippen LogP contribution in [0.15, 0.2) is 138 Å². The van der Waals surface area contributed by atoms with Crippen LogP contribution in [0.2, 0.25) is 0 Å². The summed E-state index contributed by atoms with van der Waals surface area (Å²) in [5.41, 5.74) is 2.53. The average molecular weight is 702 g/mol. The first-order valence-corrected chi connectivity index (χ1v) is 16.6. The van der Waals surface area contributed by atoms with Crippen LogP contribution in [0.3, 0.4) is 0 Å². The summed E-state index contributed by atoms with van der Waals surface area (Å²) < 4.78 is 15.9. The Morgan fingerprint density at radius 3 is 2.10 bits per heavy atom. The molecule has 0 aliphatic heterocycles. The first-order chi connectivity index (χ1) is 24.8. The highest BCUT2D eigenvalue weighted by Crippen LogP contribution is 2.38. The number of para-hydroxylation sites is 2. The Labute approximate surface area is 299 Å². The summed E-state index contributed by atoms with van der Waals surface area (Å²) in [5.74, 6) is -1.17. The number of esters is 1. The highest BCUT2D eigenvalue weighted by molar-refractivity contribution is 8.00. The zero-order valence-corrected chi connectivity index (χ0v) is 28.9. The van der Waals surface area contributed by atoms with Crippen molar-refractivity contribution in [3.05, 3.63) is 155 Å². The number of nitrogens with one attached hydrogen (secondary N) is 3. The minimum absolute atomic E-state index is 0.0423. The number of carbonyl (C=O) groups excluding carboxylic acids is 4. The van der Waals surface area contributed by atoms with Crippen molar-refractivity contribution in [2.24, 2.45) is 0 Å². The van der Waals surface area contributed by atoms with Gasteiger partial charge in [0.25, 0.3) is 11.8 Å². The molecule has 51 heavy (non-hydrogen) atoms. The van der Waals surface area contributed by atoms with Gasteiger partial charge in [-0.15, -0.1) is 11.8 Å². The van der Waals surface area contributed by atoms with Crippen molar-refractivity contribution in [2.45, 2.75) is 10.1 Å². The quantitative estimate of drug-likeness (QED) is 0.0659. The molecule has 0 aliphatic carbocycles. The van der Waals surface area contributed by atoms with E-state index in [1.54, 1.807) is 91.0 Å². The van der Waals surface area contributed by atoms with Gasteiger partial charge < -0.3 is 30.2 Å². The van der Waals surface area contributed by atoms with E-state index in [2.05, 4.69) is 16.0 Å². The Hall–Kier alpha value is -6.33. The maximum Gasteiger partial charge on any atom is 0.339 e. The van der Waals surface area contributed by atoms with E-state index in [-0.39, 0.29) is 17.2 Å². The van der Waals surface area contributed by atoms with Gasteiger partial charge in [0.1, 0.15) is 10.9 Å². The summed E-state index contributed by atoms with van der Waals surface area (Å²) in [7, 11) is 4.27. The number of hydrogen-bond donors (Lipinski definition) is 3. The van der Waals surface area contributed by atoms with Crippen LogP contribution in [-0.4, -0.2) is 45.0 Å². The standard InChI is InChI=1S/C40H35N3O7S/c1-48-34-23-12-18-28(35(34)49-2)24-33(43-37(44)27-16-8-5-9-17-27)38(45)41-29-19-13-20-30(25-29)51-36(26-14-6-4-7-15-26)39(46)42-32-22-11-10-21-31(32)40(47)50-3/h4-25,36H,1-3H3,(H,41,45)(H,42,46)(H,43,44)/b33-24+. The van der Waals surface area contributed by atoms with Gasteiger partial charge in [-0.1, -0.05) is 78.9 Å². The molecule has 0 aromatic heterocycles. The zero-order valence-electron chi connectivity index (χ0n) is 28.0. The Balaban J connectivity index is 1.42. The topological polar surface area (TPSA) is 132 Å². The first kappa shape index (κ1) is 36.0. The van der Waals surface area contributed by atoms with Crippen molar-refractivity contribution in [2.75, 3.05) is 32.0 Å². The fourth-order valence-corrected chi connectivity index (χ4v) is 6.17. The van der Waals surface area contributed by atoms with Crippen LogP contribution in [0, 0.1) is 0 Å². The maximum absolute atomic E-state index is 13.8. The van der Waals surface area contributed by atoms with E-state index in [1.807, 2.05) is 36.4 Å². The van der Waals surface area contributed by atoms with Crippen LogP contribution >= 0.6 is 11.8 Å². The number of amides is 3. The number of thioether (sulfide) groups is 1. The molecule has 5 rings (SSSR count). The fraction of sp³-hybridized carbons (Fsp3) is 0.100. The largest absolute Gasteiger partial charge is 0.493 e. The average Bonchev–Trinajstić information content (AvgIpc) is 3.17. The summed E-state index contributed by atoms with van der Waals surface area (Å²) in [6.07, 6.45) is 1.51. The normalized spacial score (nSPS) is 11.5. The molecular formula is C40H35N3O7S. The molecule has 3 amide bonds. The maximum atomic E-state index is 13.8. The van der Waals surface area contributed by atoms with Gasteiger partial charge in [-0.2, -0.15) is 0 Å². The highest BCUT2D eigenvalue weighted by atomic mass is 32.2. The summed E-state index contributed by atoms with van der Waals surface area (Å²) in [6.45, 7) is 0. The van der Waals surface area contributed by atoms with E-state index in [1.165, 1.54) is 39.2 Å². The SMILES string of the molecule is COC(=O)c1ccccc1NC(=O)C(Sc1cccc(NC(=O)/C(=C\c2cccc(OC)c2OC)NC(=O)c2ccccc2)c1)c1ccccc1. The third kappa shape index (κ3) is 9.22. The Kier molecular flexibility index (Phi) is 12.2. The molecule has 0 bridgehead atoms. The number of carbonyl (C=O) groups is 4. The summed E-state index contributed by atoms with van der Waals surface area (Å²) in [5, 5.41) is 7.76. The van der Waals surface area contributed by atoms with Gasteiger partial charge in [0.05, 0.1) is 32.6 Å². The second kappa shape index (κ2) is 17.4.